The summed E-state index contributed by atoms with van der Waals surface area (Å²) < 4.78 is 6.96. The number of thioether (sulfide) groups is 1. The molecule has 144 valence electrons. The van der Waals surface area contributed by atoms with Gasteiger partial charge in [0.15, 0.2) is 11.0 Å². The molecule has 1 amide bonds. The zero-order chi connectivity index (χ0) is 20.1. The van der Waals surface area contributed by atoms with E-state index in [0.29, 0.717) is 16.7 Å². The zero-order valence-electron chi connectivity index (χ0n) is 15.2. The molecule has 1 heterocycles. The molecule has 0 aliphatic carbocycles. The molecule has 10 heteroatoms. The van der Waals surface area contributed by atoms with E-state index in [0.717, 1.165) is 11.3 Å². The van der Waals surface area contributed by atoms with Crippen molar-refractivity contribution in [2.24, 2.45) is 7.05 Å². The molecule has 0 bridgehead atoms. The van der Waals surface area contributed by atoms with Gasteiger partial charge in [0.25, 0.3) is 5.69 Å². The number of nitro groups is 1. The molecule has 3 aromatic rings. The number of carbonyl (C=O) groups is 1. The first-order valence-electron chi connectivity index (χ1n) is 8.19. The van der Waals surface area contributed by atoms with Crippen LogP contribution in [0.5, 0.6) is 5.75 Å². The van der Waals surface area contributed by atoms with Crippen LogP contribution in [0.4, 0.5) is 11.4 Å². The maximum atomic E-state index is 12.1. The maximum Gasteiger partial charge on any atom is 0.269 e. The molecule has 0 spiro atoms. The van der Waals surface area contributed by atoms with Crippen LogP contribution >= 0.6 is 11.8 Å². The summed E-state index contributed by atoms with van der Waals surface area (Å²) in [5.74, 6) is 1.32. The van der Waals surface area contributed by atoms with E-state index in [1.54, 1.807) is 7.11 Å². The highest BCUT2D eigenvalue weighted by molar-refractivity contribution is 7.99. The van der Waals surface area contributed by atoms with Crippen LogP contribution in [0, 0.1) is 10.1 Å². The Balaban J connectivity index is 1.60. The van der Waals surface area contributed by atoms with Crippen molar-refractivity contribution < 1.29 is 14.5 Å². The Morgan fingerprint density at radius 3 is 2.46 bits per heavy atom. The van der Waals surface area contributed by atoms with E-state index >= 15 is 0 Å². The zero-order valence-corrected chi connectivity index (χ0v) is 16.0. The number of nitrogens with zero attached hydrogens (tertiary/aromatic N) is 4. The maximum absolute atomic E-state index is 12.1. The van der Waals surface area contributed by atoms with Gasteiger partial charge in [-0.15, -0.1) is 10.2 Å². The largest absolute Gasteiger partial charge is 0.497 e. The molecule has 9 nitrogen and oxygen atoms in total. The van der Waals surface area contributed by atoms with Crippen LogP contribution < -0.4 is 10.1 Å². The lowest BCUT2D eigenvalue weighted by atomic mass is 10.2. The Labute approximate surface area is 164 Å². The standard InChI is InChI=1S/C18H17N5O4S/c1-22-17(12-3-9-15(27-2)10-4-12)20-21-18(22)28-11-16(24)19-13-5-7-14(8-6-13)23(25)26/h3-10H,11H2,1-2H3,(H,19,24). The van der Waals surface area contributed by atoms with Crippen molar-refractivity contribution in [1.82, 2.24) is 14.8 Å². The van der Waals surface area contributed by atoms with Gasteiger partial charge >= 0.3 is 0 Å². The number of ether oxygens (including phenoxy) is 1. The average molecular weight is 399 g/mol. The normalized spacial score (nSPS) is 10.5. The summed E-state index contributed by atoms with van der Waals surface area (Å²) in [6.45, 7) is 0. The summed E-state index contributed by atoms with van der Waals surface area (Å²) in [5, 5.41) is 22.3. The number of amides is 1. The van der Waals surface area contributed by atoms with Gasteiger partial charge in [-0.3, -0.25) is 14.9 Å². The van der Waals surface area contributed by atoms with Crippen LogP contribution in [0.15, 0.2) is 53.7 Å². The number of hydrogen-bond donors (Lipinski definition) is 1. The van der Waals surface area contributed by atoms with Crippen LogP contribution in [0.3, 0.4) is 0 Å². The first-order valence-corrected chi connectivity index (χ1v) is 9.17. The Hall–Kier alpha value is -3.40. The molecule has 0 unspecified atom stereocenters. The van der Waals surface area contributed by atoms with Gasteiger partial charge in [0, 0.05) is 30.4 Å². The number of nitrogens with one attached hydrogen (secondary N) is 1. The lowest BCUT2D eigenvalue weighted by Gasteiger charge is -2.06. The van der Waals surface area contributed by atoms with Gasteiger partial charge in [-0.25, -0.2) is 0 Å². The highest BCUT2D eigenvalue weighted by atomic mass is 32.2. The summed E-state index contributed by atoms with van der Waals surface area (Å²) in [5.41, 5.74) is 1.35. The smallest absolute Gasteiger partial charge is 0.269 e. The summed E-state index contributed by atoms with van der Waals surface area (Å²) >= 11 is 1.25. The second-order valence-corrected chi connectivity index (χ2v) is 6.68. The molecular weight excluding hydrogens is 382 g/mol. The quantitative estimate of drug-likeness (QED) is 0.369. The number of aromatic nitrogens is 3. The molecule has 0 saturated carbocycles. The molecule has 0 saturated heterocycles. The van der Waals surface area contributed by atoms with E-state index in [1.165, 1.54) is 36.0 Å². The molecule has 2 aromatic carbocycles. The fraction of sp³-hybridized carbons (Fsp3) is 0.167. The van der Waals surface area contributed by atoms with Crippen molar-refractivity contribution in [3.63, 3.8) is 0 Å². The van der Waals surface area contributed by atoms with E-state index in [2.05, 4.69) is 15.5 Å². The van der Waals surface area contributed by atoms with Gasteiger partial charge in [0.2, 0.25) is 5.91 Å². The summed E-state index contributed by atoms with van der Waals surface area (Å²) in [7, 11) is 3.43. The number of anilines is 1. The fourth-order valence-electron chi connectivity index (χ4n) is 2.43. The number of methoxy groups -OCH3 is 1. The third kappa shape index (κ3) is 4.46. The summed E-state index contributed by atoms with van der Waals surface area (Å²) in [4.78, 5) is 22.3. The predicted molar refractivity (Wildman–Crippen MR) is 105 cm³/mol. The molecule has 28 heavy (non-hydrogen) atoms. The Morgan fingerprint density at radius 2 is 1.86 bits per heavy atom. The van der Waals surface area contributed by atoms with Crippen LogP contribution in [0.1, 0.15) is 0 Å². The molecule has 1 aromatic heterocycles. The molecule has 3 rings (SSSR count). The topological polar surface area (TPSA) is 112 Å². The van der Waals surface area contributed by atoms with E-state index in [-0.39, 0.29) is 17.3 Å². The molecule has 0 atom stereocenters. The number of nitro benzene ring substituents is 1. The van der Waals surface area contributed by atoms with Crippen LogP contribution in [-0.2, 0) is 11.8 Å². The monoisotopic (exact) mass is 399 g/mol. The third-order valence-corrected chi connectivity index (χ3v) is 4.90. The number of rotatable bonds is 7. The number of non-ortho nitro benzene ring substituents is 1. The van der Waals surface area contributed by atoms with Gasteiger partial charge < -0.3 is 14.6 Å². The lowest BCUT2D eigenvalue weighted by molar-refractivity contribution is -0.384. The van der Waals surface area contributed by atoms with E-state index < -0.39 is 4.92 Å². The first kappa shape index (κ1) is 19.4. The Morgan fingerprint density at radius 1 is 1.18 bits per heavy atom. The van der Waals surface area contributed by atoms with Crippen molar-refractivity contribution in [3.05, 3.63) is 58.6 Å². The van der Waals surface area contributed by atoms with Crippen molar-refractivity contribution >= 4 is 29.0 Å². The lowest BCUT2D eigenvalue weighted by Crippen LogP contribution is -2.14. The van der Waals surface area contributed by atoms with Crippen molar-refractivity contribution in [1.29, 1.82) is 0 Å². The van der Waals surface area contributed by atoms with E-state index in [1.807, 2.05) is 35.9 Å². The average Bonchev–Trinajstić information content (AvgIpc) is 3.07. The fourth-order valence-corrected chi connectivity index (χ4v) is 3.14. The number of hydrogen-bond acceptors (Lipinski definition) is 7. The molecule has 0 aliphatic heterocycles. The number of benzene rings is 2. The van der Waals surface area contributed by atoms with Gasteiger partial charge in [-0.05, 0) is 36.4 Å². The van der Waals surface area contributed by atoms with E-state index in [4.69, 9.17) is 4.74 Å². The summed E-state index contributed by atoms with van der Waals surface area (Å²) in [6, 6.07) is 13.1. The molecule has 0 aliphatic rings. The van der Waals surface area contributed by atoms with Crippen LogP contribution in [-0.4, -0.2) is 38.5 Å². The molecule has 1 N–H and O–H groups in total. The van der Waals surface area contributed by atoms with Crippen LogP contribution in [0.2, 0.25) is 0 Å². The second kappa shape index (κ2) is 8.53. The van der Waals surface area contributed by atoms with Gasteiger partial charge in [0.05, 0.1) is 17.8 Å². The highest BCUT2D eigenvalue weighted by Crippen LogP contribution is 2.24. The predicted octanol–water partition coefficient (Wildman–Crippen LogP) is 3.13. The third-order valence-electron chi connectivity index (χ3n) is 3.88. The highest BCUT2D eigenvalue weighted by Gasteiger charge is 2.13. The van der Waals surface area contributed by atoms with Crippen molar-refractivity contribution in [2.45, 2.75) is 5.16 Å². The Bertz CT molecular complexity index is 986. The van der Waals surface area contributed by atoms with Crippen molar-refractivity contribution in [2.75, 3.05) is 18.2 Å². The Kier molecular flexibility index (Phi) is 5.90. The minimum Gasteiger partial charge on any atom is -0.497 e. The second-order valence-electron chi connectivity index (χ2n) is 5.73. The minimum absolute atomic E-state index is 0.0301. The van der Waals surface area contributed by atoms with Crippen molar-refractivity contribution in [3.8, 4) is 17.1 Å². The molecular formula is C18H17N5O4S. The first-order chi connectivity index (χ1) is 13.5. The summed E-state index contributed by atoms with van der Waals surface area (Å²) in [6.07, 6.45) is 0. The molecule has 0 fully saturated rings. The van der Waals surface area contributed by atoms with Crippen LogP contribution in [0.25, 0.3) is 11.4 Å². The van der Waals surface area contributed by atoms with E-state index in [9.17, 15) is 14.9 Å². The van der Waals surface area contributed by atoms with Gasteiger partial charge in [-0.1, -0.05) is 11.8 Å². The number of carbonyl (C=O) groups excluding carboxylic acids is 1. The van der Waals surface area contributed by atoms with Gasteiger partial charge in [-0.2, -0.15) is 0 Å². The minimum atomic E-state index is -0.490. The molecule has 0 radical (unpaired) electrons. The SMILES string of the molecule is COc1ccc(-c2nnc(SCC(=O)Nc3ccc([N+](=O)[O-])cc3)n2C)cc1. The van der Waals surface area contributed by atoms with Gasteiger partial charge in [0.1, 0.15) is 5.75 Å².